The van der Waals surface area contributed by atoms with Gasteiger partial charge in [0.05, 0.1) is 18.5 Å². The largest absolute Gasteiger partial charge is 0.325 e. The Morgan fingerprint density at radius 2 is 2.03 bits per heavy atom. The van der Waals surface area contributed by atoms with E-state index in [1.807, 2.05) is 6.92 Å². The van der Waals surface area contributed by atoms with E-state index in [0.717, 1.165) is 36.0 Å². The number of imide groups is 1. The van der Waals surface area contributed by atoms with Gasteiger partial charge in [-0.05, 0) is 48.9 Å². The van der Waals surface area contributed by atoms with Gasteiger partial charge in [-0.3, -0.25) is 18.8 Å². The van der Waals surface area contributed by atoms with Gasteiger partial charge < -0.3 is 5.32 Å². The summed E-state index contributed by atoms with van der Waals surface area (Å²) in [7, 11) is -3.36. The number of nitrogens with one attached hydrogen (secondary N) is 1. The number of Topliss-reactive ketones (excluding diaryl/α,β-unsaturated/α-hetero) is 1. The van der Waals surface area contributed by atoms with Crippen molar-refractivity contribution < 1.29 is 22.8 Å². The van der Waals surface area contributed by atoms with Crippen LogP contribution >= 0.6 is 0 Å². The van der Waals surface area contributed by atoms with E-state index in [1.165, 1.54) is 4.31 Å². The van der Waals surface area contributed by atoms with Gasteiger partial charge in [0.15, 0.2) is 5.78 Å². The molecular formula is C20H25N3O5S. The predicted molar refractivity (Wildman–Crippen MR) is 107 cm³/mol. The van der Waals surface area contributed by atoms with Crippen molar-refractivity contribution >= 4 is 33.4 Å². The molecule has 3 aliphatic rings. The molecule has 156 valence electrons. The number of hydrogen-bond donors (Lipinski definition) is 1. The molecule has 8 nitrogen and oxygen atoms in total. The molecule has 2 fully saturated rings. The molecule has 3 amide bonds. The number of benzene rings is 1. The van der Waals surface area contributed by atoms with Crippen LogP contribution in [0.15, 0.2) is 18.2 Å². The zero-order valence-electron chi connectivity index (χ0n) is 16.6. The highest BCUT2D eigenvalue weighted by Crippen LogP contribution is 2.38. The average molecular weight is 420 g/mol. The van der Waals surface area contributed by atoms with E-state index < -0.39 is 21.6 Å². The molecule has 1 saturated carbocycles. The van der Waals surface area contributed by atoms with Gasteiger partial charge >= 0.3 is 6.03 Å². The summed E-state index contributed by atoms with van der Waals surface area (Å²) in [6.07, 6.45) is 5.05. The highest BCUT2D eigenvalue weighted by atomic mass is 32.2. The number of anilines is 1. The van der Waals surface area contributed by atoms with Crippen LogP contribution in [0.4, 0.5) is 10.5 Å². The zero-order chi connectivity index (χ0) is 21.0. The first-order valence-corrected chi connectivity index (χ1v) is 11.8. The van der Waals surface area contributed by atoms with Crippen LogP contribution in [0.5, 0.6) is 0 Å². The molecule has 0 bridgehead atoms. The number of sulfonamides is 1. The first-order valence-electron chi connectivity index (χ1n) is 9.91. The van der Waals surface area contributed by atoms with Gasteiger partial charge in [0, 0.05) is 12.1 Å². The molecule has 4 rings (SSSR count). The Bertz CT molecular complexity index is 1010. The summed E-state index contributed by atoms with van der Waals surface area (Å²) in [6.45, 7) is 2.00. The first kappa shape index (κ1) is 19.9. The molecule has 0 radical (unpaired) electrons. The Balaban J connectivity index is 1.53. The monoisotopic (exact) mass is 419 g/mol. The minimum absolute atomic E-state index is 0.0368. The topological polar surface area (TPSA) is 104 Å². The highest BCUT2D eigenvalue weighted by Gasteiger charge is 2.55. The second-order valence-corrected chi connectivity index (χ2v) is 10.2. The van der Waals surface area contributed by atoms with Gasteiger partial charge in [0.1, 0.15) is 5.54 Å². The lowest BCUT2D eigenvalue weighted by Crippen LogP contribution is -2.54. The smallest absolute Gasteiger partial charge is 0.323 e. The average Bonchev–Trinajstić information content (AvgIpc) is 3.19. The number of rotatable bonds is 4. The van der Waals surface area contributed by atoms with Crippen molar-refractivity contribution in [2.75, 3.05) is 23.7 Å². The molecule has 2 heterocycles. The fraction of sp³-hybridized carbons (Fsp3) is 0.550. The number of nitrogens with zero attached hydrogens (tertiary/aromatic N) is 2. The molecule has 1 saturated heterocycles. The van der Waals surface area contributed by atoms with E-state index in [-0.39, 0.29) is 24.2 Å². The van der Waals surface area contributed by atoms with Crippen molar-refractivity contribution in [1.82, 2.24) is 10.2 Å². The molecule has 1 aromatic carbocycles. The van der Waals surface area contributed by atoms with Crippen molar-refractivity contribution in [2.24, 2.45) is 5.92 Å². The van der Waals surface area contributed by atoms with E-state index in [9.17, 15) is 22.8 Å². The second-order valence-electron chi connectivity index (χ2n) is 8.29. The maximum atomic E-state index is 13.0. The number of urea groups is 1. The molecule has 2 aliphatic heterocycles. The fourth-order valence-corrected chi connectivity index (χ4v) is 5.72. The molecule has 0 unspecified atom stereocenters. The maximum absolute atomic E-state index is 13.0. The first-order chi connectivity index (χ1) is 13.6. The van der Waals surface area contributed by atoms with Crippen molar-refractivity contribution in [3.8, 4) is 0 Å². The zero-order valence-corrected chi connectivity index (χ0v) is 17.4. The lowest BCUT2D eigenvalue weighted by Gasteiger charge is -2.36. The van der Waals surface area contributed by atoms with Crippen molar-refractivity contribution in [2.45, 2.75) is 44.6 Å². The summed E-state index contributed by atoms with van der Waals surface area (Å²) in [5, 5.41) is 2.85. The quantitative estimate of drug-likeness (QED) is 0.591. The summed E-state index contributed by atoms with van der Waals surface area (Å²) < 4.78 is 25.0. The number of fused-ring (bicyclic) bond motifs is 1. The van der Waals surface area contributed by atoms with Gasteiger partial charge in [-0.2, -0.15) is 0 Å². The molecule has 1 aromatic rings. The van der Waals surface area contributed by atoms with E-state index in [2.05, 4.69) is 5.32 Å². The van der Waals surface area contributed by atoms with Gasteiger partial charge in [-0.25, -0.2) is 13.2 Å². The third-order valence-corrected chi connectivity index (χ3v) is 7.64. The third-order valence-electron chi connectivity index (χ3n) is 6.46. The van der Waals surface area contributed by atoms with Crippen LogP contribution in [-0.2, 0) is 21.2 Å². The van der Waals surface area contributed by atoms with E-state index >= 15 is 0 Å². The Hall–Kier alpha value is -2.42. The Morgan fingerprint density at radius 3 is 2.72 bits per heavy atom. The van der Waals surface area contributed by atoms with Crippen molar-refractivity contribution in [3.63, 3.8) is 0 Å². The van der Waals surface area contributed by atoms with Crippen LogP contribution in [-0.4, -0.2) is 55.9 Å². The summed E-state index contributed by atoms with van der Waals surface area (Å²) >= 11 is 0. The third kappa shape index (κ3) is 3.21. The summed E-state index contributed by atoms with van der Waals surface area (Å²) in [5.74, 6) is -0.614. The van der Waals surface area contributed by atoms with Crippen LogP contribution in [0.3, 0.4) is 0 Å². The lowest BCUT2D eigenvalue weighted by molar-refractivity contribution is -0.133. The van der Waals surface area contributed by atoms with Crippen LogP contribution in [0.2, 0.25) is 0 Å². The number of amides is 3. The Kier molecular flexibility index (Phi) is 4.68. The number of carbonyl (C=O) groups excluding carboxylic acids is 3. The standard InChI is InChI=1S/C20H25N3O5S/c1-13-5-3-4-9-20(13)18(25)22(19(26)21-20)12-17(24)15-6-7-16-14(11-15)8-10-23(16)29(2,27)28/h6-7,11,13H,3-5,8-10,12H2,1-2H3,(H,21,26)/t13-,20+/m1/s1. The van der Waals surface area contributed by atoms with E-state index in [1.54, 1.807) is 18.2 Å². The molecule has 29 heavy (non-hydrogen) atoms. The second kappa shape index (κ2) is 6.83. The van der Waals surface area contributed by atoms with E-state index in [0.29, 0.717) is 30.6 Å². The van der Waals surface area contributed by atoms with Crippen LogP contribution in [0.1, 0.15) is 48.5 Å². The van der Waals surface area contributed by atoms with Gasteiger partial charge in [0.25, 0.3) is 5.91 Å². The van der Waals surface area contributed by atoms with Gasteiger partial charge in [-0.15, -0.1) is 0 Å². The normalized spacial score (nSPS) is 26.8. The predicted octanol–water partition coefficient (Wildman–Crippen LogP) is 1.69. The summed E-state index contributed by atoms with van der Waals surface area (Å²) in [5.41, 5.74) is 0.839. The highest BCUT2D eigenvalue weighted by molar-refractivity contribution is 7.92. The fourth-order valence-electron chi connectivity index (χ4n) is 4.76. The Labute approximate surface area is 170 Å². The number of hydrogen-bond acceptors (Lipinski definition) is 5. The van der Waals surface area contributed by atoms with Gasteiger partial charge in [0.2, 0.25) is 10.0 Å². The molecule has 0 aromatic heterocycles. The summed E-state index contributed by atoms with van der Waals surface area (Å²) in [4.78, 5) is 39.4. The van der Waals surface area contributed by atoms with E-state index in [4.69, 9.17) is 0 Å². The molecule has 1 spiro atoms. The molecule has 9 heteroatoms. The van der Waals surface area contributed by atoms with Gasteiger partial charge in [-0.1, -0.05) is 19.8 Å². The van der Waals surface area contributed by atoms with Crippen molar-refractivity contribution in [3.05, 3.63) is 29.3 Å². The van der Waals surface area contributed by atoms with Crippen LogP contribution < -0.4 is 9.62 Å². The SMILES string of the molecule is C[C@@H]1CCCC[C@]12NC(=O)N(CC(=O)c1ccc3c(c1)CCN3S(C)(=O)=O)C2=O. The molecular weight excluding hydrogens is 394 g/mol. The maximum Gasteiger partial charge on any atom is 0.325 e. The number of carbonyl (C=O) groups is 3. The number of ketones is 1. The minimum atomic E-state index is -3.36. The van der Waals surface area contributed by atoms with Crippen LogP contribution in [0, 0.1) is 5.92 Å². The lowest BCUT2D eigenvalue weighted by atomic mass is 9.73. The minimum Gasteiger partial charge on any atom is -0.323 e. The Morgan fingerprint density at radius 1 is 1.28 bits per heavy atom. The molecule has 1 aliphatic carbocycles. The van der Waals surface area contributed by atoms with Crippen LogP contribution in [0.25, 0.3) is 0 Å². The molecule has 2 atom stereocenters. The summed E-state index contributed by atoms with van der Waals surface area (Å²) in [6, 6.07) is 4.33. The molecule has 1 N–H and O–H groups in total. The van der Waals surface area contributed by atoms with Crippen molar-refractivity contribution in [1.29, 1.82) is 0 Å².